The van der Waals surface area contributed by atoms with Gasteiger partial charge in [-0.05, 0) is 92.2 Å². The number of methoxy groups -OCH3 is 2. The second-order valence-corrected chi connectivity index (χ2v) is 16.7. The molecule has 4 rings (SSSR count). The summed E-state index contributed by atoms with van der Waals surface area (Å²) in [4.78, 5) is 50.9. The summed E-state index contributed by atoms with van der Waals surface area (Å²) in [7, 11) is 8.94. The number of Topliss-reactive ketones (excluding diaryl/α,β-unsaturated/α-hetero) is 1. The van der Waals surface area contributed by atoms with Gasteiger partial charge in [0.25, 0.3) is 0 Å². The maximum atomic E-state index is 14.4. The number of hydrogen-bond acceptors (Lipinski definition) is 12. The highest BCUT2D eigenvalue weighted by atomic mass is 16.7. The van der Waals surface area contributed by atoms with Crippen LogP contribution in [-0.4, -0.2) is 159 Å². The minimum atomic E-state index is -1.58. The number of aliphatic hydroxyl groups excluding tert-OH is 1. The van der Waals surface area contributed by atoms with Gasteiger partial charge in [-0.2, -0.15) is 0 Å². The lowest BCUT2D eigenvalue weighted by Crippen LogP contribution is -2.59. The first-order valence-electron chi connectivity index (χ1n) is 19.1. The summed E-state index contributed by atoms with van der Waals surface area (Å²) in [6, 6.07) is 7.02. The number of esters is 1. The van der Waals surface area contributed by atoms with E-state index in [1.54, 1.807) is 41.9 Å². The van der Waals surface area contributed by atoms with Crippen molar-refractivity contribution in [1.82, 2.24) is 19.6 Å². The summed E-state index contributed by atoms with van der Waals surface area (Å²) in [5, 5.41) is 11.4. The van der Waals surface area contributed by atoms with Gasteiger partial charge < -0.3 is 38.6 Å². The van der Waals surface area contributed by atoms with E-state index in [0.29, 0.717) is 45.6 Å². The van der Waals surface area contributed by atoms with Crippen molar-refractivity contribution in [2.45, 2.75) is 116 Å². The van der Waals surface area contributed by atoms with E-state index in [1.165, 1.54) is 0 Å². The van der Waals surface area contributed by atoms with Gasteiger partial charge in [0.15, 0.2) is 12.1 Å². The van der Waals surface area contributed by atoms with Crippen LogP contribution >= 0.6 is 0 Å². The summed E-state index contributed by atoms with van der Waals surface area (Å²) < 4.78 is 30.5. The molecule has 0 aromatic heterocycles. The number of piperazine rings is 1. The zero-order valence-corrected chi connectivity index (χ0v) is 34.2. The van der Waals surface area contributed by atoms with Gasteiger partial charge in [0, 0.05) is 58.3 Å². The lowest BCUT2D eigenvalue weighted by atomic mass is 9.74. The van der Waals surface area contributed by atoms with Crippen LogP contribution in [0.5, 0.6) is 5.75 Å². The second-order valence-electron chi connectivity index (χ2n) is 16.7. The Morgan fingerprint density at radius 2 is 1.70 bits per heavy atom. The zero-order chi connectivity index (χ0) is 39.4. The maximum absolute atomic E-state index is 14.4. The summed E-state index contributed by atoms with van der Waals surface area (Å²) >= 11 is 0. The van der Waals surface area contributed by atoms with E-state index in [1.807, 2.05) is 67.9 Å². The number of aliphatic hydroxyl groups is 1. The molecule has 300 valence electrons. The third-order valence-electron chi connectivity index (χ3n) is 11.7. The number of cyclic esters (lactones) is 1. The molecule has 3 aliphatic rings. The fourth-order valence-corrected chi connectivity index (χ4v) is 8.55. The van der Waals surface area contributed by atoms with Crippen molar-refractivity contribution in [1.29, 1.82) is 0 Å². The topological polar surface area (TPSA) is 131 Å². The molecule has 1 aromatic rings. The van der Waals surface area contributed by atoms with Gasteiger partial charge in [-0.3, -0.25) is 24.2 Å². The molecule has 53 heavy (non-hydrogen) atoms. The van der Waals surface area contributed by atoms with Crippen molar-refractivity contribution in [3.8, 4) is 5.75 Å². The first-order valence-corrected chi connectivity index (χ1v) is 19.1. The van der Waals surface area contributed by atoms with Crippen LogP contribution in [0.3, 0.4) is 0 Å². The molecular weight excluding hydrogens is 680 g/mol. The molecule has 0 bridgehead atoms. The number of benzene rings is 1. The third-order valence-corrected chi connectivity index (χ3v) is 11.7. The van der Waals surface area contributed by atoms with Crippen LogP contribution in [0, 0.1) is 17.3 Å². The first-order chi connectivity index (χ1) is 24.8. The molecule has 1 N–H and O–H groups in total. The molecule has 0 spiro atoms. The Labute approximate surface area is 317 Å². The Morgan fingerprint density at radius 3 is 2.30 bits per heavy atom. The fourth-order valence-electron chi connectivity index (χ4n) is 8.55. The predicted octanol–water partition coefficient (Wildman–Crippen LogP) is 3.06. The minimum Gasteiger partial charge on any atom is -0.497 e. The Bertz CT molecular complexity index is 1400. The molecule has 13 nitrogen and oxygen atoms in total. The van der Waals surface area contributed by atoms with Gasteiger partial charge in [-0.15, -0.1) is 0 Å². The molecule has 3 aliphatic heterocycles. The van der Waals surface area contributed by atoms with Crippen LogP contribution in [-0.2, 0) is 39.9 Å². The summed E-state index contributed by atoms with van der Waals surface area (Å²) in [5.74, 6) is -1.29. The number of carbonyl (C=O) groups is 3. The highest BCUT2D eigenvalue weighted by Gasteiger charge is 2.52. The fraction of sp³-hybridized carbons (Fsp3) is 0.775. The van der Waals surface area contributed by atoms with E-state index in [0.717, 1.165) is 17.9 Å². The number of likely N-dealkylation sites (N-methyl/N-ethyl adjacent to an activating group) is 2. The standard InChI is InChI=1S/C40H66N4O9/c1-25-22-40(7,50-12)35(53-37-33(45)31(41(8)9)20-26(2)51-37)27(3)34(46)39(5,6)38(48)52-28(4)32(42(10)23-25)36(47)44-18-16-43(17-19-44)24-29-14-13-15-30(21-29)49-11/h13-15,21,25-28,31-33,35,37,45H,16-20,22-24H2,1-12H3/t25-,26-,27+,28+,31+,32-,33-,35-,37+,40-/m1/s1. The van der Waals surface area contributed by atoms with Gasteiger partial charge in [-0.1, -0.05) is 26.0 Å². The molecule has 10 atom stereocenters. The molecule has 0 saturated carbocycles. The highest BCUT2D eigenvalue weighted by molar-refractivity contribution is 6.04. The number of amides is 1. The Morgan fingerprint density at radius 1 is 1.04 bits per heavy atom. The normalized spacial score (nSPS) is 35.6. The molecule has 0 aliphatic carbocycles. The van der Waals surface area contributed by atoms with Gasteiger partial charge in [0.2, 0.25) is 5.91 Å². The van der Waals surface area contributed by atoms with E-state index in [9.17, 15) is 19.5 Å². The molecule has 0 radical (unpaired) electrons. The summed E-state index contributed by atoms with van der Waals surface area (Å²) in [6.07, 6.45) is -2.85. The van der Waals surface area contributed by atoms with Crippen LogP contribution in [0.25, 0.3) is 0 Å². The van der Waals surface area contributed by atoms with Crippen LogP contribution in [0.15, 0.2) is 24.3 Å². The van der Waals surface area contributed by atoms with Crippen molar-refractivity contribution in [3.05, 3.63) is 29.8 Å². The molecular formula is C40H66N4O9. The smallest absolute Gasteiger partial charge is 0.319 e. The average Bonchev–Trinajstić information content (AvgIpc) is 3.10. The van der Waals surface area contributed by atoms with Gasteiger partial charge >= 0.3 is 5.97 Å². The van der Waals surface area contributed by atoms with Crippen LogP contribution in [0.4, 0.5) is 0 Å². The number of hydrogen-bond donors (Lipinski definition) is 1. The van der Waals surface area contributed by atoms with Crippen LogP contribution in [0.2, 0.25) is 0 Å². The monoisotopic (exact) mass is 746 g/mol. The van der Waals surface area contributed by atoms with Crippen molar-refractivity contribution < 1.29 is 43.2 Å². The minimum absolute atomic E-state index is 0.0457. The maximum Gasteiger partial charge on any atom is 0.319 e. The van der Waals surface area contributed by atoms with E-state index in [4.69, 9.17) is 23.7 Å². The lowest BCUT2D eigenvalue weighted by Gasteiger charge is -2.47. The number of ketones is 1. The third kappa shape index (κ3) is 9.97. The van der Waals surface area contributed by atoms with Gasteiger partial charge in [0.05, 0.1) is 24.9 Å². The van der Waals surface area contributed by atoms with Crippen LogP contribution < -0.4 is 4.74 Å². The zero-order valence-electron chi connectivity index (χ0n) is 34.2. The highest BCUT2D eigenvalue weighted by Crippen LogP contribution is 2.38. The predicted molar refractivity (Wildman–Crippen MR) is 201 cm³/mol. The number of ether oxygens (including phenoxy) is 5. The Hall–Kier alpha value is -2.65. The Kier molecular flexibility index (Phi) is 14.5. The average molecular weight is 747 g/mol. The number of nitrogens with zero attached hydrogens (tertiary/aromatic N) is 4. The van der Waals surface area contributed by atoms with Crippen molar-refractivity contribution in [2.24, 2.45) is 17.3 Å². The quantitative estimate of drug-likeness (QED) is 0.310. The van der Waals surface area contributed by atoms with E-state index in [2.05, 4.69) is 17.9 Å². The molecule has 1 aromatic carbocycles. The molecule has 3 fully saturated rings. The van der Waals surface area contributed by atoms with Crippen molar-refractivity contribution in [2.75, 3.05) is 68.1 Å². The summed E-state index contributed by atoms with van der Waals surface area (Å²) in [6.45, 7) is 16.2. The first kappa shape index (κ1) is 43.1. The largest absolute Gasteiger partial charge is 0.497 e. The SMILES string of the molecule is COc1cccc(CN2CCN(C(=O)[C@H]3[C@H](C)OC(=O)C(C)(C)C(=O)[C@H](C)[C@@H](O[C@@H]4O[C@H](C)C[C@H](N(C)C)[C@H]4O)[C@](C)(OC)C[C@@H](C)CN3C)CC2)c1. The van der Waals surface area contributed by atoms with Crippen LogP contribution in [0.1, 0.15) is 66.9 Å². The molecule has 13 heteroatoms. The molecule has 3 saturated heterocycles. The van der Waals surface area contributed by atoms with Crippen molar-refractivity contribution >= 4 is 17.7 Å². The molecule has 1 amide bonds. The van der Waals surface area contributed by atoms with Gasteiger partial charge in [0.1, 0.15) is 29.4 Å². The molecule has 0 unspecified atom stereocenters. The van der Waals surface area contributed by atoms with E-state index >= 15 is 0 Å². The number of rotatable bonds is 8. The van der Waals surface area contributed by atoms with E-state index in [-0.39, 0.29) is 29.8 Å². The Balaban J connectivity index is 1.59. The van der Waals surface area contributed by atoms with E-state index < -0.39 is 53.5 Å². The van der Waals surface area contributed by atoms with Crippen molar-refractivity contribution in [3.63, 3.8) is 0 Å². The van der Waals surface area contributed by atoms with Gasteiger partial charge in [-0.25, -0.2) is 0 Å². The lowest BCUT2D eigenvalue weighted by molar-refractivity contribution is -0.295. The molecule has 3 heterocycles. The summed E-state index contributed by atoms with van der Waals surface area (Å²) in [5.41, 5.74) is -1.47. The number of carbonyl (C=O) groups excluding carboxylic acids is 3. The second kappa shape index (κ2) is 17.9.